The van der Waals surface area contributed by atoms with Crippen molar-refractivity contribution in [2.75, 3.05) is 5.32 Å². The molecule has 1 aliphatic rings. The average molecular weight is 429 g/mol. The number of fused-ring (bicyclic) bond motifs is 1. The van der Waals surface area contributed by atoms with Gasteiger partial charge in [0.15, 0.2) is 5.76 Å². The van der Waals surface area contributed by atoms with Crippen LogP contribution in [0.4, 0.5) is 5.69 Å². The number of rotatable bonds is 5. The van der Waals surface area contributed by atoms with Crippen LogP contribution in [0.15, 0.2) is 83.4 Å². The van der Waals surface area contributed by atoms with E-state index in [4.69, 9.17) is 16.0 Å². The normalized spacial score (nSPS) is 15.4. The standard InChI is InChI=1S/C26H21ClN2O2/c27-22-12-10-18(11-13-22)24-16-28-26(31-24)21-9-8-19-14-20(25(30)29-23(19)15-21)7-6-17-4-2-1-3-5-17/h1-5,8-13,15-16,20H,6-7,14H2,(H,29,30). The van der Waals surface area contributed by atoms with Crippen LogP contribution in [0.1, 0.15) is 17.5 Å². The summed E-state index contributed by atoms with van der Waals surface area (Å²) in [5.74, 6) is 1.26. The Morgan fingerprint density at radius 2 is 1.77 bits per heavy atom. The quantitative estimate of drug-likeness (QED) is 0.399. The number of aromatic nitrogens is 1. The number of carbonyl (C=O) groups is 1. The van der Waals surface area contributed by atoms with Gasteiger partial charge in [-0.05, 0) is 66.8 Å². The van der Waals surface area contributed by atoms with Crippen molar-refractivity contribution in [3.05, 3.63) is 95.1 Å². The summed E-state index contributed by atoms with van der Waals surface area (Å²) in [5, 5.41) is 3.75. The fraction of sp³-hybridized carbons (Fsp3) is 0.154. The number of nitrogens with one attached hydrogen (secondary N) is 1. The highest BCUT2D eigenvalue weighted by atomic mass is 35.5. The van der Waals surface area contributed by atoms with E-state index in [1.54, 1.807) is 6.20 Å². The van der Waals surface area contributed by atoms with Gasteiger partial charge in [0.1, 0.15) is 0 Å². The van der Waals surface area contributed by atoms with Gasteiger partial charge in [0.25, 0.3) is 0 Å². The maximum Gasteiger partial charge on any atom is 0.227 e. The monoisotopic (exact) mass is 428 g/mol. The molecular weight excluding hydrogens is 408 g/mol. The van der Waals surface area contributed by atoms with E-state index < -0.39 is 0 Å². The minimum absolute atomic E-state index is 0.0169. The van der Waals surface area contributed by atoms with Crippen molar-refractivity contribution >= 4 is 23.2 Å². The molecule has 0 bridgehead atoms. The van der Waals surface area contributed by atoms with Gasteiger partial charge in [-0.25, -0.2) is 4.98 Å². The molecule has 31 heavy (non-hydrogen) atoms. The number of benzene rings is 3. The van der Waals surface area contributed by atoms with E-state index in [0.29, 0.717) is 16.7 Å². The summed E-state index contributed by atoms with van der Waals surface area (Å²) < 4.78 is 5.96. The third-order valence-electron chi connectivity index (χ3n) is 5.71. The number of halogens is 1. The van der Waals surface area contributed by atoms with E-state index in [-0.39, 0.29) is 11.8 Å². The fourth-order valence-electron chi connectivity index (χ4n) is 3.97. The maximum atomic E-state index is 12.7. The Morgan fingerprint density at radius 1 is 1.00 bits per heavy atom. The number of carbonyl (C=O) groups excluding carboxylic acids is 1. The zero-order chi connectivity index (χ0) is 21.2. The van der Waals surface area contributed by atoms with Crippen molar-refractivity contribution in [2.24, 2.45) is 5.92 Å². The van der Waals surface area contributed by atoms with Gasteiger partial charge >= 0.3 is 0 Å². The first-order valence-corrected chi connectivity index (χ1v) is 10.7. The van der Waals surface area contributed by atoms with Crippen molar-refractivity contribution in [3.8, 4) is 22.8 Å². The molecule has 0 fully saturated rings. The van der Waals surface area contributed by atoms with E-state index in [1.807, 2.05) is 54.6 Å². The Kier molecular flexibility index (Phi) is 5.31. The second-order valence-corrected chi connectivity index (χ2v) is 8.26. The van der Waals surface area contributed by atoms with E-state index in [1.165, 1.54) is 5.56 Å². The second-order valence-electron chi connectivity index (χ2n) is 7.82. The number of hydrogen-bond donors (Lipinski definition) is 1. The number of oxazole rings is 1. The number of hydrogen-bond acceptors (Lipinski definition) is 3. The largest absolute Gasteiger partial charge is 0.436 e. The zero-order valence-electron chi connectivity index (χ0n) is 16.8. The molecule has 5 heteroatoms. The number of aryl methyl sites for hydroxylation is 1. The lowest BCUT2D eigenvalue weighted by molar-refractivity contribution is -0.120. The number of anilines is 1. The lowest BCUT2D eigenvalue weighted by Gasteiger charge is -2.25. The van der Waals surface area contributed by atoms with Gasteiger partial charge in [-0.2, -0.15) is 0 Å². The molecule has 2 heterocycles. The molecule has 1 aliphatic heterocycles. The van der Waals surface area contributed by atoms with Gasteiger partial charge in [-0.15, -0.1) is 0 Å². The highest BCUT2D eigenvalue weighted by Gasteiger charge is 2.26. The predicted molar refractivity (Wildman–Crippen MR) is 123 cm³/mol. The third kappa shape index (κ3) is 4.25. The molecule has 1 atom stereocenters. The lowest BCUT2D eigenvalue weighted by Crippen LogP contribution is -2.30. The molecule has 1 N–H and O–H groups in total. The van der Waals surface area contributed by atoms with Crippen molar-refractivity contribution in [3.63, 3.8) is 0 Å². The van der Waals surface area contributed by atoms with Crippen LogP contribution in [0.5, 0.6) is 0 Å². The minimum atomic E-state index is -0.0169. The summed E-state index contributed by atoms with van der Waals surface area (Å²) in [5.41, 5.74) is 4.99. The van der Waals surface area contributed by atoms with Crippen LogP contribution in [0, 0.1) is 5.92 Å². The van der Waals surface area contributed by atoms with Gasteiger partial charge in [-0.1, -0.05) is 48.0 Å². The second kappa shape index (κ2) is 8.40. The first kappa shape index (κ1) is 19.6. The molecule has 0 saturated carbocycles. The summed E-state index contributed by atoms with van der Waals surface area (Å²) in [7, 11) is 0. The Bertz CT molecular complexity index is 1220. The summed E-state index contributed by atoms with van der Waals surface area (Å²) in [6.07, 6.45) is 4.18. The topological polar surface area (TPSA) is 55.1 Å². The third-order valence-corrected chi connectivity index (χ3v) is 5.96. The molecule has 1 amide bonds. The van der Waals surface area contributed by atoms with Crippen molar-refractivity contribution in [2.45, 2.75) is 19.3 Å². The molecule has 4 aromatic rings. The molecule has 3 aromatic carbocycles. The summed E-state index contributed by atoms with van der Waals surface area (Å²) >= 11 is 5.96. The van der Waals surface area contributed by atoms with Crippen molar-refractivity contribution < 1.29 is 9.21 Å². The van der Waals surface area contributed by atoms with Crippen molar-refractivity contribution in [1.29, 1.82) is 0 Å². The fourth-order valence-corrected chi connectivity index (χ4v) is 4.10. The van der Waals surface area contributed by atoms with Crippen LogP contribution in [-0.4, -0.2) is 10.9 Å². The first-order chi connectivity index (χ1) is 15.2. The summed E-state index contributed by atoms with van der Waals surface area (Å²) in [6.45, 7) is 0. The highest BCUT2D eigenvalue weighted by Crippen LogP contribution is 2.33. The van der Waals surface area contributed by atoms with Gasteiger partial charge in [0, 0.05) is 27.8 Å². The van der Waals surface area contributed by atoms with Crippen LogP contribution in [0.2, 0.25) is 5.02 Å². The number of amides is 1. The molecule has 5 rings (SSSR count). The Morgan fingerprint density at radius 3 is 2.58 bits per heavy atom. The highest BCUT2D eigenvalue weighted by molar-refractivity contribution is 6.30. The molecule has 154 valence electrons. The maximum absolute atomic E-state index is 12.7. The smallest absolute Gasteiger partial charge is 0.227 e. The van der Waals surface area contributed by atoms with Crippen LogP contribution in [0.25, 0.3) is 22.8 Å². The summed E-state index contributed by atoms with van der Waals surface area (Å²) in [6, 6.07) is 23.7. The molecule has 1 unspecified atom stereocenters. The Balaban J connectivity index is 1.32. The lowest BCUT2D eigenvalue weighted by atomic mass is 9.88. The molecular formula is C26H21ClN2O2. The molecule has 0 saturated heterocycles. The van der Waals surface area contributed by atoms with Gasteiger partial charge in [0.05, 0.1) is 6.20 Å². The van der Waals surface area contributed by atoms with Crippen LogP contribution in [0.3, 0.4) is 0 Å². The van der Waals surface area contributed by atoms with Crippen LogP contribution >= 0.6 is 11.6 Å². The Hall–Kier alpha value is -3.37. The molecule has 4 nitrogen and oxygen atoms in total. The Labute approximate surface area is 185 Å². The van der Waals surface area contributed by atoms with Gasteiger partial charge < -0.3 is 9.73 Å². The molecule has 0 aliphatic carbocycles. The molecule has 0 spiro atoms. The summed E-state index contributed by atoms with van der Waals surface area (Å²) in [4.78, 5) is 17.1. The average Bonchev–Trinajstić information content (AvgIpc) is 3.29. The van der Waals surface area contributed by atoms with Gasteiger partial charge in [-0.3, -0.25) is 4.79 Å². The van der Waals surface area contributed by atoms with Crippen molar-refractivity contribution in [1.82, 2.24) is 4.98 Å². The van der Waals surface area contributed by atoms with E-state index in [2.05, 4.69) is 28.5 Å². The molecule has 1 aromatic heterocycles. The zero-order valence-corrected chi connectivity index (χ0v) is 17.6. The predicted octanol–water partition coefficient (Wildman–Crippen LogP) is 6.41. The van der Waals surface area contributed by atoms with Crippen LogP contribution in [-0.2, 0) is 17.6 Å². The molecule has 0 radical (unpaired) electrons. The van der Waals surface area contributed by atoms with Crippen LogP contribution < -0.4 is 5.32 Å². The number of nitrogens with zero attached hydrogens (tertiary/aromatic N) is 1. The first-order valence-electron chi connectivity index (χ1n) is 10.4. The SMILES string of the molecule is O=C1Nc2cc(-c3ncc(-c4ccc(Cl)cc4)o3)ccc2CC1CCc1ccccc1. The van der Waals surface area contributed by atoms with E-state index >= 15 is 0 Å². The van der Waals surface area contributed by atoms with Gasteiger partial charge in [0.2, 0.25) is 11.8 Å². The van der Waals surface area contributed by atoms with E-state index in [0.717, 1.165) is 41.6 Å². The van der Waals surface area contributed by atoms with E-state index in [9.17, 15) is 4.79 Å². The minimum Gasteiger partial charge on any atom is -0.436 e.